The normalized spacial score (nSPS) is 14.3. The molecule has 0 aliphatic carbocycles. The topological polar surface area (TPSA) is 202 Å². The summed E-state index contributed by atoms with van der Waals surface area (Å²) in [5, 5.41) is 27.8. The Kier molecular flexibility index (Phi) is 8.82. The van der Waals surface area contributed by atoms with Gasteiger partial charge >= 0.3 is 5.97 Å². The van der Waals surface area contributed by atoms with Gasteiger partial charge in [-0.05, 0) is 36.6 Å². The van der Waals surface area contributed by atoms with Crippen molar-refractivity contribution in [2.75, 3.05) is 6.61 Å². The molecule has 0 aliphatic rings. The van der Waals surface area contributed by atoms with Crippen LogP contribution in [-0.4, -0.2) is 74.6 Å². The van der Waals surface area contributed by atoms with Gasteiger partial charge in [0.2, 0.25) is 17.7 Å². The molecule has 0 bridgehead atoms. The van der Waals surface area contributed by atoms with Crippen LogP contribution in [0.1, 0.15) is 18.1 Å². The lowest BCUT2D eigenvalue weighted by molar-refractivity contribution is -0.143. The predicted molar refractivity (Wildman–Crippen MR) is 148 cm³/mol. The Bertz CT molecular complexity index is 1530. The highest BCUT2D eigenvalue weighted by atomic mass is 16.4. The Morgan fingerprint density at radius 1 is 0.775 bits per heavy atom. The molecule has 9 N–H and O–H groups in total. The minimum absolute atomic E-state index is 0.0279. The van der Waals surface area contributed by atoms with E-state index in [1.807, 2.05) is 48.5 Å². The molecular weight excluding hydrogens is 516 g/mol. The van der Waals surface area contributed by atoms with Crippen molar-refractivity contribution in [3.05, 3.63) is 72.1 Å². The third-order valence-corrected chi connectivity index (χ3v) is 6.73. The lowest BCUT2D eigenvalue weighted by Crippen LogP contribution is -2.57. The second kappa shape index (κ2) is 12.5. The number of para-hydroxylation sites is 2. The first-order chi connectivity index (χ1) is 19.2. The van der Waals surface area contributed by atoms with Crippen molar-refractivity contribution in [2.24, 2.45) is 5.73 Å². The van der Waals surface area contributed by atoms with Crippen molar-refractivity contribution in [3.63, 3.8) is 0 Å². The number of aromatic amines is 2. The fraction of sp³-hybridized carbons (Fsp3) is 0.286. The van der Waals surface area contributed by atoms with Gasteiger partial charge in [0.05, 0.1) is 12.6 Å². The number of aliphatic hydroxyl groups excluding tert-OH is 1. The van der Waals surface area contributed by atoms with E-state index in [-0.39, 0.29) is 12.8 Å². The fourth-order valence-electron chi connectivity index (χ4n) is 4.50. The highest BCUT2D eigenvalue weighted by Crippen LogP contribution is 2.20. The quantitative estimate of drug-likeness (QED) is 0.124. The molecule has 40 heavy (non-hydrogen) atoms. The minimum atomic E-state index is -1.55. The number of carbonyl (C=O) groups is 4. The van der Waals surface area contributed by atoms with E-state index in [1.165, 1.54) is 6.92 Å². The molecule has 0 radical (unpaired) electrons. The molecule has 3 amide bonds. The highest BCUT2D eigenvalue weighted by Gasteiger charge is 2.29. The number of hydrogen-bond donors (Lipinski definition) is 8. The summed E-state index contributed by atoms with van der Waals surface area (Å²) in [5.74, 6) is -3.42. The van der Waals surface area contributed by atoms with Crippen LogP contribution in [0.2, 0.25) is 0 Å². The van der Waals surface area contributed by atoms with Gasteiger partial charge in [-0.2, -0.15) is 0 Å². The number of amides is 3. The first kappa shape index (κ1) is 28.3. The number of aliphatic hydroxyl groups is 1. The zero-order valence-corrected chi connectivity index (χ0v) is 21.8. The number of benzene rings is 2. The van der Waals surface area contributed by atoms with E-state index in [9.17, 15) is 29.4 Å². The maximum atomic E-state index is 13.1. The third kappa shape index (κ3) is 6.47. The smallest absolute Gasteiger partial charge is 0.328 e. The third-order valence-electron chi connectivity index (χ3n) is 6.73. The summed E-state index contributed by atoms with van der Waals surface area (Å²) in [6.07, 6.45) is 3.76. The SMILES string of the molecule is CC(NC(=O)C(N)Cc1c[nH]c2ccccc12)C(=O)NC(Cc1c[nH]c2ccccc12)C(=O)NC(CO)C(=O)O. The van der Waals surface area contributed by atoms with Crippen LogP contribution < -0.4 is 21.7 Å². The molecule has 2 heterocycles. The largest absolute Gasteiger partial charge is 0.480 e. The molecule has 12 nitrogen and oxygen atoms in total. The van der Waals surface area contributed by atoms with Crippen LogP contribution in [0.4, 0.5) is 0 Å². The van der Waals surface area contributed by atoms with Crippen molar-refractivity contribution in [1.29, 1.82) is 0 Å². The Morgan fingerprint density at radius 2 is 1.30 bits per heavy atom. The number of carbonyl (C=O) groups excluding carboxylic acids is 3. The van der Waals surface area contributed by atoms with Crippen LogP contribution in [-0.2, 0) is 32.0 Å². The maximum absolute atomic E-state index is 13.1. The van der Waals surface area contributed by atoms with E-state index >= 15 is 0 Å². The number of nitrogens with one attached hydrogen (secondary N) is 5. The molecule has 0 aliphatic heterocycles. The standard InChI is InChI=1S/C28H32N6O6/c1-15(32-26(37)20(29)10-16-12-30-21-8-4-2-6-18(16)21)25(36)33-23(27(38)34-24(14-35)28(39)40)11-17-13-31-22-9-5-3-7-19(17)22/h2-9,12-13,15,20,23-24,30-31,35H,10-11,14,29H2,1H3,(H,32,37)(H,33,36)(H,34,38)(H,39,40). The van der Waals surface area contributed by atoms with Crippen LogP contribution in [0.5, 0.6) is 0 Å². The number of carboxylic acids is 1. The monoisotopic (exact) mass is 548 g/mol. The molecule has 0 fully saturated rings. The van der Waals surface area contributed by atoms with Gasteiger partial charge in [0, 0.05) is 40.6 Å². The number of fused-ring (bicyclic) bond motifs is 2. The van der Waals surface area contributed by atoms with Gasteiger partial charge in [0.15, 0.2) is 0 Å². The summed E-state index contributed by atoms with van der Waals surface area (Å²) < 4.78 is 0. The lowest BCUT2D eigenvalue weighted by Gasteiger charge is -2.23. The number of rotatable bonds is 12. The molecular formula is C28H32N6O6. The van der Waals surface area contributed by atoms with Gasteiger partial charge in [-0.15, -0.1) is 0 Å². The second-order valence-electron chi connectivity index (χ2n) is 9.61. The summed E-state index contributed by atoms with van der Waals surface area (Å²) in [4.78, 5) is 56.5. The van der Waals surface area contributed by atoms with Gasteiger partial charge in [-0.1, -0.05) is 36.4 Å². The van der Waals surface area contributed by atoms with Crippen LogP contribution >= 0.6 is 0 Å². The van der Waals surface area contributed by atoms with Gasteiger partial charge in [0.1, 0.15) is 18.1 Å². The predicted octanol–water partition coefficient (Wildman–Crippen LogP) is 0.313. The Labute approximate surface area is 229 Å². The summed E-state index contributed by atoms with van der Waals surface area (Å²) in [6, 6.07) is 10.3. The summed E-state index contributed by atoms with van der Waals surface area (Å²) >= 11 is 0. The van der Waals surface area contributed by atoms with E-state index in [0.717, 1.165) is 27.4 Å². The van der Waals surface area contributed by atoms with Crippen molar-refractivity contribution >= 4 is 45.5 Å². The Morgan fingerprint density at radius 3 is 1.85 bits per heavy atom. The van der Waals surface area contributed by atoms with E-state index < -0.39 is 54.5 Å². The van der Waals surface area contributed by atoms with Gasteiger partial charge < -0.3 is 41.9 Å². The van der Waals surface area contributed by atoms with Crippen LogP contribution in [0.25, 0.3) is 21.8 Å². The Hall–Kier alpha value is -4.68. The van der Waals surface area contributed by atoms with Crippen LogP contribution in [0.3, 0.4) is 0 Å². The van der Waals surface area contributed by atoms with Crippen molar-refractivity contribution in [1.82, 2.24) is 25.9 Å². The first-order valence-corrected chi connectivity index (χ1v) is 12.8. The minimum Gasteiger partial charge on any atom is -0.480 e. The maximum Gasteiger partial charge on any atom is 0.328 e. The molecule has 4 aromatic rings. The van der Waals surface area contributed by atoms with E-state index in [1.54, 1.807) is 12.4 Å². The zero-order valence-electron chi connectivity index (χ0n) is 21.8. The van der Waals surface area contributed by atoms with Crippen LogP contribution in [0, 0.1) is 0 Å². The van der Waals surface area contributed by atoms with E-state index in [0.29, 0.717) is 5.56 Å². The second-order valence-corrected chi connectivity index (χ2v) is 9.61. The van der Waals surface area contributed by atoms with Crippen molar-refractivity contribution in [3.8, 4) is 0 Å². The number of nitrogens with two attached hydrogens (primary N) is 1. The molecule has 210 valence electrons. The van der Waals surface area contributed by atoms with E-state index in [2.05, 4.69) is 25.9 Å². The van der Waals surface area contributed by atoms with Gasteiger partial charge in [0.25, 0.3) is 0 Å². The number of hydrogen-bond acceptors (Lipinski definition) is 6. The number of aliphatic carboxylic acids is 1. The zero-order chi connectivity index (χ0) is 28.8. The van der Waals surface area contributed by atoms with Gasteiger partial charge in [-0.25, -0.2) is 4.79 Å². The van der Waals surface area contributed by atoms with E-state index in [4.69, 9.17) is 5.73 Å². The van der Waals surface area contributed by atoms with Gasteiger partial charge in [-0.3, -0.25) is 14.4 Å². The Balaban J connectivity index is 1.43. The molecule has 4 unspecified atom stereocenters. The molecule has 2 aromatic carbocycles. The summed E-state index contributed by atoms with van der Waals surface area (Å²) in [6.45, 7) is 0.635. The van der Waals surface area contributed by atoms with Crippen molar-refractivity contribution in [2.45, 2.75) is 43.9 Å². The number of carboxylic acid groups (broad SMARTS) is 1. The molecule has 12 heteroatoms. The average Bonchev–Trinajstić information content (AvgIpc) is 3.55. The first-order valence-electron chi connectivity index (χ1n) is 12.8. The number of H-pyrrole nitrogens is 2. The molecule has 4 rings (SSSR count). The average molecular weight is 549 g/mol. The summed E-state index contributed by atoms with van der Waals surface area (Å²) in [5.41, 5.74) is 9.46. The molecule has 0 saturated carbocycles. The lowest BCUT2D eigenvalue weighted by atomic mass is 10.0. The molecule has 2 aromatic heterocycles. The molecule has 4 atom stereocenters. The number of aromatic nitrogens is 2. The molecule has 0 spiro atoms. The highest BCUT2D eigenvalue weighted by molar-refractivity contribution is 5.95. The van der Waals surface area contributed by atoms with Crippen molar-refractivity contribution < 1.29 is 29.4 Å². The summed E-state index contributed by atoms with van der Waals surface area (Å²) in [7, 11) is 0. The molecule has 0 saturated heterocycles. The fourth-order valence-corrected chi connectivity index (χ4v) is 4.50. The van der Waals surface area contributed by atoms with Crippen LogP contribution in [0.15, 0.2) is 60.9 Å².